The first kappa shape index (κ1) is 35.5. The lowest BCUT2D eigenvalue weighted by molar-refractivity contribution is -0.138. The molecule has 3 heterocycles. The standard InChI is InChI=1S/C36H49N9O4/c1-24(2)31-20-44(34(48)23-42-14-16-43(17-15-42)29-13-9-10-25(3)18-29)21-32(46)39-30(19-28-11-7-6-8-12-28)35-38-27(5)41-45(35)22-33(47)37-26(4)36(49)40-31/h6-13,18,24,26,30-31H,14-17,19-23H2,1-5H3,(H,37,47)(H,39,46)(H,40,49)/t26-,30+,31-/m1/s1. The number of anilines is 1. The second-order valence-corrected chi connectivity index (χ2v) is 13.5. The van der Waals surface area contributed by atoms with Gasteiger partial charge in [-0.3, -0.25) is 24.1 Å². The van der Waals surface area contributed by atoms with Gasteiger partial charge in [-0.25, -0.2) is 9.67 Å². The number of nitrogens with one attached hydrogen (secondary N) is 3. The molecule has 4 amide bonds. The van der Waals surface area contributed by atoms with E-state index in [1.54, 1.807) is 18.7 Å². The Kier molecular flexibility index (Phi) is 11.7. The summed E-state index contributed by atoms with van der Waals surface area (Å²) in [6, 6.07) is 16.2. The molecule has 262 valence electrons. The number of piperazine rings is 1. The third kappa shape index (κ3) is 9.65. The fraction of sp³-hybridized carbons (Fsp3) is 0.500. The minimum atomic E-state index is -0.833. The van der Waals surface area contributed by atoms with Gasteiger partial charge in [-0.05, 0) is 56.4 Å². The molecule has 1 fully saturated rings. The Morgan fingerprint density at radius 1 is 0.898 bits per heavy atom. The van der Waals surface area contributed by atoms with Crippen molar-refractivity contribution < 1.29 is 19.2 Å². The molecule has 2 aliphatic heterocycles. The largest absolute Gasteiger partial charge is 0.369 e. The summed E-state index contributed by atoms with van der Waals surface area (Å²) in [4.78, 5) is 64.9. The van der Waals surface area contributed by atoms with Crippen molar-refractivity contribution >= 4 is 29.3 Å². The van der Waals surface area contributed by atoms with Gasteiger partial charge in [0.05, 0.1) is 19.1 Å². The average molecular weight is 672 g/mol. The van der Waals surface area contributed by atoms with Gasteiger partial charge in [0.1, 0.15) is 18.4 Å². The summed E-state index contributed by atoms with van der Waals surface area (Å²) < 4.78 is 1.47. The van der Waals surface area contributed by atoms with Crippen molar-refractivity contribution in [3.63, 3.8) is 0 Å². The first-order chi connectivity index (χ1) is 23.4. The van der Waals surface area contributed by atoms with Gasteiger partial charge >= 0.3 is 0 Å². The van der Waals surface area contributed by atoms with E-state index in [9.17, 15) is 19.2 Å². The summed E-state index contributed by atoms with van der Waals surface area (Å²) in [6.45, 7) is 12.2. The van der Waals surface area contributed by atoms with Gasteiger partial charge in [-0.15, -0.1) is 0 Å². The highest BCUT2D eigenvalue weighted by molar-refractivity contribution is 5.88. The molecule has 2 aromatic carbocycles. The topological polar surface area (TPSA) is 145 Å². The number of hydrogen-bond acceptors (Lipinski definition) is 8. The number of aromatic nitrogens is 3. The Bertz CT molecular complexity index is 1620. The van der Waals surface area contributed by atoms with Crippen LogP contribution in [0.3, 0.4) is 0 Å². The highest BCUT2D eigenvalue weighted by Gasteiger charge is 2.31. The van der Waals surface area contributed by atoms with Crippen LogP contribution in [-0.2, 0) is 32.1 Å². The monoisotopic (exact) mass is 671 g/mol. The second kappa shape index (κ2) is 16.1. The highest BCUT2D eigenvalue weighted by Crippen LogP contribution is 2.20. The smallest absolute Gasteiger partial charge is 0.242 e. The third-order valence-corrected chi connectivity index (χ3v) is 9.13. The summed E-state index contributed by atoms with van der Waals surface area (Å²) >= 11 is 0. The van der Waals surface area contributed by atoms with Crippen LogP contribution in [0.2, 0.25) is 0 Å². The summed E-state index contributed by atoms with van der Waals surface area (Å²) in [5, 5.41) is 13.3. The molecule has 1 saturated heterocycles. The molecular weight excluding hydrogens is 622 g/mol. The number of fused-ring (bicyclic) bond motifs is 1. The van der Waals surface area contributed by atoms with Crippen LogP contribution in [-0.4, -0.2) is 106 Å². The number of aryl methyl sites for hydroxylation is 2. The lowest BCUT2D eigenvalue weighted by Gasteiger charge is -2.37. The number of carbonyl (C=O) groups is 4. The normalized spacial score (nSPS) is 21.7. The Hall–Kier alpha value is -4.78. The lowest BCUT2D eigenvalue weighted by Crippen LogP contribution is -2.56. The van der Waals surface area contributed by atoms with Crippen LogP contribution in [0, 0.1) is 19.8 Å². The summed E-state index contributed by atoms with van der Waals surface area (Å²) in [7, 11) is 0. The summed E-state index contributed by atoms with van der Waals surface area (Å²) in [6.07, 6.45) is 0.399. The zero-order valence-corrected chi connectivity index (χ0v) is 29.2. The molecule has 5 rings (SSSR count). The fourth-order valence-electron chi connectivity index (χ4n) is 6.31. The molecule has 13 heteroatoms. The van der Waals surface area contributed by atoms with Gasteiger partial charge in [0.2, 0.25) is 23.6 Å². The van der Waals surface area contributed by atoms with Gasteiger partial charge < -0.3 is 25.8 Å². The second-order valence-electron chi connectivity index (χ2n) is 13.5. The van der Waals surface area contributed by atoms with Crippen molar-refractivity contribution in [2.45, 2.75) is 65.7 Å². The van der Waals surface area contributed by atoms with E-state index in [0.717, 1.165) is 18.7 Å². The summed E-state index contributed by atoms with van der Waals surface area (Å²) in [5.41, 5.74) is 3.34. The van der Waals surface area contributed by atoms with Gasteiger partial charge in [0.25, 0.3) is 0 Å². The maximum atomic E-state index is 14.0. The van der Waals surface area contributed by atoms with Crippen LogP contribution in [0.1, 0.15) is 49.6 Å². The van der Waals surface area contributed by atoms with Crippen molar-refractivity contribution in [3.05, 3.63) is 77.4 Å². The number of amides is 4. The average Bonchev–Trinajstić information content (AvgIpc) is 3.43. The van der Waals surface area contributed by atoms with Crippen molar-refractivity contribution in [3.8, 4) is 0 Å². The van der Waals surface area contributed by atoms with Crippen LogP contribution >= 0.6 is 0 Å². The summed E-state index contributed by atoms with van der Waals surface area (Å²) in [5.74, 6) is -0.531. The third-order valence-electron chi connectivity index (χ3n) is 9.13. The number of benzene rings is 2. The molecule has 0 radical (unpaired) electrons. The zero-order valence-electron chi connectivity index (χ0n) is 29.2. The predicted molar refractivity (Wildman–Crippen MR) is 187 cm³/mol. The van der Waals surface area contributed by atoms with Gasteiger partial charge in [0.15, 0.2) is 5.82 Å². The van der Waals surface area contributed by atoms with Crippen LogP contribution in [0.15, 0.2) is 54.6 Å². The molecule has 13 nitrogen and oxygen atoms in total. The molecule has 0 aliphatic carbocycles. The van der Waals surface area contributed by atoms with E-state index < -0.39 is 24.0 Å². The van der Waals surface area contributed by atoms with E-state index in [1.165, 1.54) is 15.9 Å². The minimum Gasteiger partial charge on any atom is -0.369 e. The van der Waals surface area contributed by atoms with Crippen LogP contribution in [0.5, 0.6) is 0 Å². The van der Waals surface area contributed by atoms with Crippen molar-refractivity contribution in [1.29, 1.82) is 0 Å². The van der Waals surface area contributed by atoms with E-state index in [2.05, 4.69) is 67.0 Å². The molecule has 3 atom stereocenters. The Balaban J connectivity index is 1.39. The molecule has 0 spiro atoms. The van der Waals surface area contributed by atoms with Gasteiger partial charge in [0, 0.05) is 44.5 Å². The molecular formula is C36H49N9O4. The fourth-order valence-corrected chi connectivity index (χ4v) is 6.31. The lowest BCUT2D eigenvalue weighted by atomic mass is 10.0. The molecule has 0 saturated carbocycles. The minimum absolute atomic E-state index is 0.0539. The van der Waals surface area contributed by atoms with Crippen LogP contribution < -0.4 is 20.9 Å². The quantitative estimate of drug-likeness (QED) is 0.359. The maximum absolute atomic E-state index is 14.0. The molecule has 1 aromatic heterocycles. The van der Waals surface area contributed by atoms with Crippen LogP contribution in [0.4, 0.5) is 5.69 Å². The predicted octanol–water partition coefficient (Wildman–Crippen LogP) is 1.60. The molecule has 0 bridgehead atoms. The molecule has 3 N–H and O–H groups in total. The van der Waals surface area contributed by atoms with Crippen molar-refractivity contribution in [2.24, 2.45) is 5.92 Å². The first-order valence-corrected chi connectivity index (χ1v) is 17.1. The Morgan fingerprint density at radius 2 is 1.61 bits per heavy atom. The van der Waals surface area contributed by atoms with E-state index in [0.29, 0.717) is 31.2 Å². The number of nitrogens with zero attached hydrogens (tertiary/aromatic N) is 6. The van der Waals surface area contributed by atoms with E-state index in [1.807, 2.05) is 44.2 Å². The number of rotatable bonds is 6. The maximum Gasteiger partial charge on any atom is 0.242 e. The van der Waals surface area contributed by atoms with Crippen molar-refractivity contribution in [1.82, 2.24) is 40.5 Å². The first-order valence-electron chi connectivity index (χ1n) is 17.1. The van der Waals surface area contributed by atoms with Crippen LogP contribution in [0.25, 0.3) is 0 Å². The Morgan fingerprint density at radius 3 is 2.31 bits per heavy atom. The number of hydrogen-bond donors (Lipinski definition) is 3. The molecule has 49 heavy (non-hydrogen) atoms. The zero-order chi connectivity index (χ0) is 35.1. The number of carbonyl (C=O) groups excluding carboxylic acids is 4. The molecule has 2 aliphatic rings. The molecule has 0 unspecified atom stereocenters. The van der Waals surface area contributed by atoms with Crippen molar-refractivity contribution in [2.75, 3.05) is 50.7 Å². The van der Waals surface area contributed by atoms with Gasteiger partial charge in [-0.2, -0.15) is 5.10 Å². The van der Waals surface area contributed by atoms with E-state index in [-0.39, 0.29) is 49.8 Å². The highest BCUT2D eigenvalue weighted by atomic mass is 16.2. The van der Waals surface area contributed by atoms with Gasteiger partial charge in [-0.1, -0.05) is 56.3 Å². The van der Waals surface area contributed by atoms with E-state index >= 15 is 0 Å². The Labute approximate surface area is 288 Å². The molecule has 3 aromatic rings. The van der Waals surface area contributed by atoms with E-state index in [4.69, 9.17) is 0 Å². The SMILES string of the molecule is Cc1cccc(N2CCN(CC(=O)N3CC(=O)N[C@@H](Cc4ccccc4)c4nc(C)nn4CC(=O)N[C@H](C)C(=O)N[C@@H](C(C)C)C3)CC2)c1.